The molecule has 160 valence electrons. The molecule has 29 heavy (non-hydrogen) atoms. The number of carbonyl (C=O) groups is 1. The first-order valence-corrected chi connectivity index (χ1v) is 9.31. The van der Waals surface area contributed by atoms with Crippen molar-refractivity contribution in [1.82, 2.24) is 5.32 Å². The van der Waals surface area contributed by atoms with Gasteiger partial charge in [-0.15, -0.1) is 12.4 Å². The minimum Gasteiger partial charge on any atom is -0.493 e. The average molecular weight is 423 g/mol. The van der Waals surface area contributed by atoms with Gasteiger partial charge in [0.1, 0.15) is 0 Å². The van der Waals surface area contributed by atoms with E-state index in [0.29, 0.717) is 24.5 Å². The van der Waals surface area contributed by atoms with Crippen LogP contribution in [0.25, 0.3) is 0 Å². The van der Waals surface area contributed by atoms with Crippen molar-refractivity contribution in [2.75, 3.05) is 27.9 Å². The Morgan fingerprint density at radius 1 is 1.07 bits per heavy atom. The Labute approximate surface area is 179 Å². The third-order valence-corrected chi connectivity index (χ3v) is 4.84. The Morgan fingerprint density at radius 3 is 2.34 bits per heavy atom. The number of hydrogen-bond donors (Lipinski definition) is 2. The molecule has 2 aromatic carbocycles. The monoisotopic (exact) mass is 422 g/mol. The topological polar surface area (TPSA) is 82.8 Å². The van der Waals surface area contributed by atoms with Crippen LogP contribution in [0.4, 0.5) is 0 Å². The SMILES string of the molecule is COc1ccc(C(Cc2ccccc2C)NC(=O)CC(CN)OC)cc1OC.Cl. The van der Waals surface area contributed by atoms with Gasteiger partial charge in [-0.25, -0.2) is 0 Å². The summed E-state index contributed by atoms with van der Waals surface area (Å²) < 4.78 is 16.0. The Balaban J connectivity index is 0.00000420. The van der Waals surface area contributed by atoms with Crippen molar-refractivity contribution in [3.05, 3.63) is 59.2 Å². The summed E-state index contributed by atoms with van der Waals surface area (Å²) in [5.74, 6) is 1.17. The third-order valence-electron chi connectivity index (χ3n) is 4.84. The molecular weight excluding hydrogens is 392 g/mol. The Hall–Kier alpha value is -2.28. The maximum Gasteiger partial charge on any atom is 0.223 e. The summed E-state index contributed by atoms with van der Waals surface area (Å²) in [6.07, 6.45) is 0.572. The molecule has 7 heteroatoms. The Kier molecular flexibility index (Phi) is 10.5. The minimum absolute atomic E-state index is 0. The minimum atomic E-state index is -0.301. The molecule has 2 unspecified atom stereocenters. The molecule has 6 nitrogen and oxygen atoms in total. The molecule has 3 N–H and O–H groups in total. The number of rotatable bonds is 10. The van der Waals surface area contributed by atoms with Crippen molar-refractivity contribution in [2.24, 2.45) is 5.73 Å². The van der Waals surface area contributed by atoms with Crippen LogP contribution in [0.3, 0.4) is 0 Å². The number of amides is 1. The standard InChI is InChI=1S/C22H30N2O4.ClH/c1-15-7-5-6-8-16(15)11-19(24-22(25)13-18(14-23)26-2)17-9-10-20(27-3)21(12-17)28-4;/h5-10,12,18-19H,11,13-14,23H2,1-4H3,(H,24,25);1H. The molecule has 0 aliphatic heterocycles. The number of methoxy groups -OCH3 is 3. The highest BCUT2D eigenvalue weighted by molar-refractivity contribution is 5.85. The van der Waals surface area contributed by atoms with Gasteiger partial charge in [-0.2, -0.15) is 0 Å². The van der Waals surface area contributed by atoms with E-state index in [1.165, 1.54) is 11.1 Å². The van der Waals surface area contributed by atoms with E-state index in [9.17, 15) is 4.79 Å². The van der Waals surface area contributed by atoms with Gasteiger partial charge in [0.15, 0.2) is 11.5 Å². The average Bonchev–Trinajstić information content (AvgIpc) is 2.72. The number of carbonyl (C=O) groups excluding carboxylic acids is 1. The quantitative estimate of drug-likeness (QED) is 0.614. The number of ether oxygens (including phenoxy) is 3. The van der Waals surface area contributed by atoms with Crippen LogP contribution >= 0.6 is 12.4 Å². The van der Waals surface area contributed by atoms with E-state index in [4.69, 9.17) is 19.9 Å². The molecule has 0 fully saturated rings. The van der Waals surface area contributed by atoms with Crippen LogP contribution < -0.4 is 20.5 Å². The second-order valence-electron chi connectivity index (χ2n) is 6.66. The second-order valence-corrected chi connectivity index (χ2v) is 6.66. The molecule has 0 bridgehead atoms. The predicted molar refractivity (Wildman–Crippen MR) is 117 cm³/mol. The van der Waals surface area contributed by atoms with Crippen LogP contribution in [-0.4, -0.2) is 39.9 Å². The fourth-order valence-corrected chi connectivity index (χ4v) is 3.10. The zero-order chi connectivity index (χ0) is 20.5. The number of nitrogens with one attached hydrogen (secondary N) is 1. The summed E-state index contributed by atoms with van der Waals surface area (Å²) in [4.78, 5) is 12.6. The van der Waals surface area contributed by atoms with Gasteiger partial charge in [0, 0.05) is 13.7 Å². The van der Waals surface area contributed by atoms with Crippen molar-refractivity contribution in [3.8, 4) is 11.5 Å². The van der Waals surface area contributed by atoms with Crippen LogP contribution in [0.1, 0.15) is 29.2 Å². The summed E-state index contributed by atoms with van der Waals surface area (Å²) in [5.41, 5.74) is 8.94. The largest absolute Gasteiger partial charge is 0.493 e. The van der Waals surface area contributed by atoms with Crippen molar-refractivity contribution in [3.63, 3.8) is 0 Å². The highest BCUT2D eigenvalue weighted by Gasteiger charge is 2.20. The van der Waals surface area contributed by atoms with E-state index < -0.39 is 0 Å². The molecule has 0 spiro atoms. The molecule has 2 aromatic rings. The summed E-state index contributed by atoms with van der Waals surface area (Å²) >= 11 is 0. The van der Waals surface area contributed by atoms with Crippen molar-refractivity contribution in [2.45, 2.75) is 31.9 Å². The molecule has 0 aliphatic rings. The van der Waals surface area contributed by atoms with Gasteiger partial charge < -0.3 is 25.3 Å². The Bertz CT molecular complexity index is 781. The molecule has 0 saturated carbocycles. The summed E-state index contributed by atoms with van der Waals surface area (Å²) in [6.45, 7) is 2.36. The van der Waals surface area contributed by atoms with Gasteiger partial charge in [0.25, 0.3) is 0 Å². The lowest BCUT2D eigenvalue weighted by molar-refractivity contribution is -0.124. The van der Waals surface area contributed by atoms with Crippen molar-refractivity contribution in [1.29, 1.82) is 0 Å². The smallest absolute Gasteiger partial charge is 0.223 e. The van der Waals surface area contributed by atoms with Crippen molar-refractivity contribution < 1.29 is 19.0 Å². The molecule has 1 amide bonds. The van der Waals surface area contributed by atoms with Gasteiger partial charge in [-0.1, -0.05) is 30.3 Å². The normalized spacial score (nSPS) is 12.4. The van der Waals surface area contributed by atoms with E-state index >= 15 is 0 Å². The number of benzene rings is 2. The van der Waals surface area contributed by atoms with E-state index in [-0.39, 0.29) is 36.9 Å². The number of halogens is 1. The molecule has 0 saturated heterocycles. The first-order chi connectivity index (χ1) is 13.5. The zero-order valence-electron chi connectivity index (χ0n) is 17.4. The lowest BCUT2D eigenvalue weighted by Crippen LogP contribution is -2.35. The van der Waals surface area contributed by atoms with Crippen LogP contribution in [-0.2, 0) is 16.0 Å². The second kappa shape index (κ2) is 12.3. The predicted octanol–water partition coefficient (Wildman–Crippen LogP) is 3.20. The third kappa shape index (κ3) is 6.92. The first-order valence-electron chi connectivity index (χ1n) is 9.31. The van der Waals surface area contributed by atoms with Crippen LogP contribution in [0.2, 0.25) is 0 Å². The molecule has 0 heterocycles. The maximum atomic E-state index is 12.6. The molecule has 2 atom stereocenters. The fourth-order valence-electron chi connectivity index (χ4n) is 3.10. The number of hydrogen-bond acceptors (Lipinski definition) is 5. The molecular formula is C22H31ClN2O4. The zero-order valence-corrected chi connectivity index (χ0v) is 18.3. The lowest BCUT2D eigenvalue weighted by atomic mass is 9.95. The van der Waals surface area contributed by atoms with Crippen molar-refractivity contribution >= 4 is 18.3 Å². The molecule has 0 aliphatic carbocycles. The van der Waals surface area contributed by atoms with Gasteiger partial charge in [0.05, 0.1) is 32.8 Å². The van der Waals surface area contributed by atoms with Crippen LogP contribution in [0.15, 0.2) is 42.5 Å². The lowest BCUT2D eigenvalue weighted by Gasteiger charge is -2.23. The molecule has 0 radical (unpaired) electrons. The summed E-state index contributed by atoms with van der Waals surface area (Å²) in [7, 11) is 4.76. The fraction of sp³-hybridized carbons (Fsp3) is 0.409. The van der Waals surface area contributed by atoms with Gasteiger partial charge in [0.2, 0.25) is 5.91 Å². The number of aryl methyl sites for hydroxylation is 1. The van der Waals surface area contributed by atoms with Crippen LogP contribution in [0.5, 0.6) is 11.5 Å². The van der Waals surface area contributed by atoms with E-state index in [0.717, 1.165) is 5.56 Å². The van der Waals surface area contributed by atoms with Gasteiger partial charge in [-0.3, -0.25) is 4.79 Å². The Morgan fingerprint density at radius 2 is 1.76 bits per heavy atom. The number of nitrogens with two attached hydrogens (primary N) is 1. The molecule has 2 rings (SSSR count). The highest BCUT2D eigenvalue weighted by Crippen LogP contribution is 2.31. The summed E-state index contributed by atoms with van der Waals surface area (Å²) in [5, 5.41) is 3.13. The van der Waals surface area contributed by atoms with E-state index in [2.05, 4.69) is 24.4 Å². The highest BCUT2D eigenvalue weighted by atomic mass is 35.5. The summed E-state index contributed by atoms with van der Waals surface area (Å²) in [6, 6.07) is 13.6. The van der Waals surface area contributed by atoms with Crippen LogP contribution in [0, 0.1) is 6.92 Å². The molecule has 0 aromatic heterocycles. The van der Waals surface area contributed by atoms with Gasteiger partial charge in [-0.05, 0) is 42.2 Å². The first kappa shape index (κ1) is 24.8. The van der Waals surface area contributed by atoms with Gasteiger partial charge >= 0.3 is 0 Å². The van der Waals surface area contributed by atoms with E-state index in [1.807, 2.05) is 30.3 Å². The van der Waals surface area contributed by atoms with E-state index in [1.54, 1.807) is 21.3 Å². The maximum absolute atomic E-state index is 12.6.